The Morgan fingerprint density at radius 2 is 1.80 bits per heavy atom. The number of aromatic nitrogens is 2. The third kappa shape index (κ3) is 3.94. The van der Waals surface area contributed by atoms with Crippen LogP contribution in [0.1, 0.15) is 40.8 Å². The molecule has 1 amide bonds. The average Bonchev–Trinajstić information content (AvgIpc) is 3.02. The number of thiazole rings is 1. The number of hydrogen-bond acceptors (Lipinski definition) is 4. The van der Waals surface area contributed by atoms with Gasteiger partial charge in [-0.05, 0) is 30.5 Å². The molecule has 0 aliphatic rings. The molecule has 0 bridgehead atoms. The van der Waals surface area contributed by atoms with Crippen molar-refractivity contribution in [2.45, 2.75) is 26.8 Å². The second-order valence-corrected chi connectivity index (χ2v) is 7.25. The van der Waals surface area contributed by atoms with Gasteiger partial charge < -0.3 is 5.32 Å². The first-order valence-electron chi connectivity index (χ1n) is 8.31. The van der Waals surface area contributed by atoms with Crippen molar-refractivity contribution < 1.29 is 4.79 Å². The van der Waals surface area contributed by atoms with Gasteiger partial charge in [0.05, 0.1) is 17.4 Å². The van der Waals surface area contributed by atoms with Crippen molar-refractivity contribution in [2.24, 2.45) is 5.92 Å². The van der Waals surface area contributed by atoms with Crippen LogP contribution in [0.2, 0.25) is 0 Å². The van der Waals surface area contributed by atoms with E-state index in [1.165, 1.54) is 11.3 Å². The standard InChI is InChI=1S/C20H21N3OS/c1-13(2)17(15-9-5-4-6-10-15)23-19(24)18-14(3)22-20(25-18)16-11-7-8-12-21-16/h4-13,17H,1-3H3,(H,23,24). The van der Waals surface area contributed by atoms with Gasteiger partial charge in [0, 0.05) is 6.20 Å². The Labute approximate surface area is 152 Å². The molecule has 2 aromatic heterocycles. The highest BCUT2D eigenvalue weighted by molar-refractivity contribution is 7.17. The Bertz CT molecular complexity index is 844. The van der Waals surface area contributed by atoms with Gasteiger partial charge >= 0.3 is 0 Å². The van der Waals surface area contributed by atoms with Gasteiger partial charge in [-0.15, -0.1) is 11.3 Å². The Morgan fingerprint density at radius 1 is 1.08 bits per heavy atom. The third-order valence-corrected chi connectivity index (χ3v) is 5.18. The Hall–Kier alpha value is -2.53. The molecule has 0 aliphatic carbocycles. The molecule has 1 atom stereocenters. The van der Waals surface area contributed by atoms with Crippen LogP contribution in [0.15, 0.2) is 54.7 Å². The molecular formula is C20H21N3OS. The number of benzene rings is 1. The molecule has 2 heterocycles. The minimum Gasteiger partial charge on any atom is -0.344 e. The van der Waals surface area contributed by atoms with Gasteiger partial charge in [0.25, 0.3) is 5.91 Å². The summed E-state index contributed by atoms with van der Waals surface area (Å²) in [6.07, 6.45) is 1.73. The zero-order chi connectivity index (χ0) is 17.8. The van der Waals surface area contributed by atoms with Crippen LogP contribution in [-0.2, 0) is 0 Å². The zero-order valence-electron chi connectivity index (χ0n) is 14.6. The molecule has 0 spiro atoms. The molecule has 5 heteroatoms. The summed E-state index contributed by atoms with van der Waals surface area (Å²) in [5.74, 6) is 0.203. The highest BCUT2D eigenvalue weighted by atomic mass is 32.1. The van der Waals surface area contributed by atoms with Crippen LogP contribution in [0, 0.1) is 12.8 Å². The number of rotatable bonds is 5. The summed E-state index contributed by atoms with van der Waals surface area (Å²) < 4.78 is 0. The van der Waals surface area contributed by atoms with Crippen LogP contribution in [0.4, 0.5) is 0 Å². The van der Waals surface area contributed by atoms with E-state index in [1.54, 1.807) is 6.20 Å². The quantitative estimate of drug-likeness (QED) is 0.728. The molecule has 25 heavy (non-hydrogen) atoms. The maximum atomic E-state index is 12.8. The summed E-state index contributed by atoms with van der Waals surface area (Å²) in [4.78, 5) is 22.3. The van der Waals surface area contributed by atoms with Crippen molar-refractivity contribution >= 4 is 17.2 Å². The monoisotopic (exact) mass is 351 g/mol. The SMILES string of the molecule is Cc1nc(-c2ccccn2)sc1C(=O)NC(c1ccccc1)C(C)C. The number of aryl methyl sites for hydroxylation is 1. The van der Waals surface area contributed by atoms with E-state index in [1.807, 2.05) is 55.5 Å². The second-order valence-electron chi connectivity index (χ2n) is 6.25. The largest absolute Gasteiger partial charge is 0.344 e. The molecule has 4 nitrogen and oxygen atoms in total. The molecular weight excluding hydrogens is 330 g/mol. The van der Waals surface area contributed by atoms with Crippen molar-refractivity contribution in [3.05, 3.63) is 70.9 Å². The fourth-order valence-electron chi connectivity index (χ4n) is 2.71. The lowest BCUT2D eigenvalue weighted by Crippen LogP contribution is -2.31. The number of amides is 1. The van der Waals surface area contributed by atoms with Gasteiger partial charge in [0.1, 0.15) is 9.88 Å². The number of pyridine rings is 1. The molecule has 1 unspecified atom stereocenters. The molecule has 128 valence electrons. The fraction of sp³-hybridized carbons (Fsp3) is 0.250. The maximum absolute atomic E-state index is 12.8. The summed E-state index contributed by atoms with van der Waals surface area (Å²) in [5.41, 5.74) is 2.63. The fourth-order valence-corrected chi connectivity index (χ4v) is 3.65. The normalized spacial score (nSPS) is 12.2. The number of carbonyl (C=O) groups is 1. The van der Waals surface area contributed by atoms with E-state index < -0.39 is 0 Å². The number of hydrogen-bond donors (Lipinski definition) is 1. The first-order valence-corrected chi connectivity index (χ1v) is 9.12. The lowest BCUT2D eigenvalue weighted by Gasteiger charge is -2.22. The van der Waals surface area contributed by atoms with E-state index in [4.69, 9.17) is 0 Å². The highest BCUT2D eigenvalue weighted by Gasteiger charge is 2.22. The van der Waals surface area contributed by atoms with Crippen LogP contribution in [0.3, 0.4) is 0 Å². The van der Waals surface area contributed by atoms with Crippen LogP contribution in [0.5, 0.6) is 0 Å². The van der Waals surface area contributed by atoms with Gasteiger partial charge in [-0.25, -0.2) is 4.98 Å². The van der Waals surface area contributed by atoms with Crippen LogP contribution in [0.25, 0.3) is 10.7 Å². The average molecular weight is 351 g/mol. The van der Waals surface area contributed by atoms with Crippen LogP contribution >= 0.6 is 11.3 Å². The molecule has 0 saturated heterocycles. The highest BCUT2D eigenvalue weighted by Crippen LogP contribution is 2.28. The first kappa shape index (κ1) is 17.3. The van der Waals surface area contributed by atoms with Crippen LogP contribution < -0.4 is 5.32 Å². The molecule has 0 fully saturated rings. The summed E-state index contributed by atoms with van der Waals surface area (Å²) in [5, 5.41) is 3.93. The molecule has 1 aromatic carbocycles. The molecule has 3 aromatic rings. The predicted octanol–water partition coefficient (Wildman–Crippen LogP) is 4.64. The lowest BCUT2D eigenvalue weighted by atomic mass is 9.96. The van der Waals surface area contributed by atoms with E-state index in [9.17, 15) is 4.79 Å². The smallest absolute Gasteiger partial charge is 0.263 e. The predicted molar refractivity (Wildman–Crippen MR) is 102 cm³/mol. The van der Waals surface area contributed by atoms with E-state index >= 15 is 0 Å². The topological polar surface area (TPSA) is 54.9 Å². The summed E-state index contributed by atoms with van der Waals surface area (Å²) in [7, 11) is 0. The van der Waals surface area contributed by atoms with E-state index in [0.29, 0.717) is 4.88 Å². The summed E-state index contributed by atoms with van der Waals surface area (Å²) in [6, 6.07) is 15.7. The molecule has 0 saturated carbocycles. The third-order valence-electron chi connectivity index (χ3n) is 4.00. The summed E-state index contributed by atoms with van der Waals surface area (Å²) in [6.45, 7) is 6.08. The molecule has 0 radical (unpaired) electrons. The van der Waals surface area contributed by atoms with Gasteiger partial charge in [0.2, 0.25) is 0 Å². The molecule has 0 aliphatic heterocycles. The Morgan fingerprint density at radius 3 is 2.44 bits per heavy atom. The zero-order valence-corrected chi connectivity index (χ0v) is 15.4. The molecule has 3 rings (SSSR count). The van der Waals surface area contributed by atoms with E-state index in [0.717, 1.165) is 22.0 Å². The first-order chi connectivity index (χ1) is 12.1. The van der Waals surface area contributed by atoms with Crippen LogP contribution in [-0.4, -0.2) is 15.9 Å². The number of carbonyl (C=O) groups excluding carboxylic acids is 1. The minimum atomic E-state index is -0.0836. The van der Waals surface area contributed by atoms with E-state index in [-0.39, 0.29) is 17.9 Å². The van der Waals surface area contributed by atoms with Gasteiger partial charge in [-0.3, -0.25) is 9.78 Å². The number of nitrogens with zero attached hydrogens (tertiary/aromatic N) is 2. The van der Waals surface area contributed by atoms with Crippen molar-refractivity contribution in [3.8, 4) is 10.7 Å². The van der Waals surface area contributed by atoms with E-state index in [2.05, 4.69) is 29.1 Å². The van der Waals surface area contributed by atoms with Crippen molar-refractivity contribution in [1.29, 1.82) is 0 Å². The maximum Gasteiger partial charge on any atom is 0.263 e. The van der Waals surface area contributed by atoms with Gasteiger partial charge in [0.15, 0.2) is 0 Å². The Kier molecular flexibility index (Phi) is 5.24. The van der Waals surface area contributed by atoms with Crippen molar-refractivity contribution in [3.63, 3.8) is 0 Å². The Balaban J connectivity index is 1.84. The number of nitrogens with one attached hydrogen (secondary N) is 1. The van der Waals surface area contributed by atoms with Crippen molar-refractivity contribution in [2.75, 3.05) is 0 Å². The lowest BCUT2D eigenvalue weighted by molar-refractivity contribution is 0.0929. The van der Waals surface area contributed by atoms with Gasteiger partial charge in [-0.2, -0.15) is 0 Å². The van der Waals surface area contributed by atoms with Crippen molar-refractivity contribution in [1.82, 2.24) is 15.3 Å². The minimum absolute atomic E-state index is 0.0338. The second kappa shape index (κ2) is 7.57. The summed E-state index contributed by atoms with van der Waals surface area (Å²) >= 11 is 1.38. The van der Waals surface area contributed by atoms with Gasteiger partial charge in [-0.1, -0.05) is 50.2 Å². The molecule has 1 N–H and O–H groups in total.